The number of amides is 1. The van der Waals surface area contributed by atoms with Gasteiger partial charge >= 0.3 is 0 Å². The van der Waals surface area contributed by atoms with E-state index in [4.69, 9.17) is 11.6 Å². The van der Waals surface area contributed by atoms with Gasteiger partial charge < -0.3 is 5.11 Å². The number of benzene rings is 2. The molecule has 1 amide bonds. The molecular weight excluding hydrogens is 426 g/mol. The van der Waals surface area contributed by atoms with Crippen molar-refractivity contribution in [2.45, 2.75) is 32.7 Å². The zero-order valence-corrected chi connectivity index (χ0v) is 18.7. The molecule has 0 bridgehead atoms. The molecule has 3 aromatic rings. The smallest absolute Gasteiger partial charge is 0.295 e. The summed E-state index contributed by atoms with van der Waals surface area (Å²) in [5.41, 5.74) is 2.75. The van der Waals surface area contributed by atoms with Gasteiger partial charge in [-0.1, -0.05) is 61.8 Å². The van der Waals surface area contributed by atoms with Gasteiger partial charge in [0, 0.05) is 10.6 Å². The first-order valence-electron chi connectivity index (χ1n) is 10.2. The Hall–Kier alpha value is -3.51. The van der Waals surface area contributed by atoms with Crippen molar-refractivity contribution in [3.05, 3.63) is 99.4 Å². The average Bonchev–Trinajstić information content (AvgIpc) is 3.04. The second-order valence-electron chi connectivity index (χ2n) is 8.03. The SMILES string of the molecule is Cc1ccc(N2C(=O)C(O)=C(C(=O)c3cccc(Cl)c3)C2c2ccc(C(C)C)cc2)nn1. The summed E-state index contributed by atoms with van der Waals surface area (Å²) in [5, 5.41) is 19.4. The molecule has 0 saturated carbocycles. The Morgan fingerprint density at radius 3 is 2.38 bits per heavy atom. The number of aromatic nitrogens is 2. The summed E-state index contributed by atoms with van der Waals surface area (Å²) in [7, 11) is 0. The highest BCUT2D eigenvalue weighted by atomic mass is 35.5. The number of aliphatic hydroxyl groups excluding tert-OH is 1. The van der Waals surface area contributed by atoms with Gasteiger partial charge in [-0.2, -0.15) is 5.10 Å². The van der Waals surface area contributed by atoms with E-state index in [0.717, 1.165) is 5.56 Å². The van der Waals surface area contributed by atoms with Crippen LogP contribution in [0.3, 0.4) is 0 Å². The zero-order chi connectivity index (χ0) is 23.0. The minimum atomic E-state index is -0.854. The Labute approximate surface area is 191 Å². The van der Waals surface area contributed by atoms with Crippen molar-refractivity contribution in [3.8, 4) is 0 Å². The number of hydrogen-bond acceptors (Lipinski definition) is 5. The number of ketones is 1. The van der Waals surface area contributed by atoms with Crippen molar-refractivity contribution >= 4 is 29.1 Å². The molecule has 4 rings (SSSR count). The third-order valence-corrected chi connectivity index (χ3v) is 5.72. The number of anilines is 1. The number of nitrogens with zero attached hydrogens (tertiary/aromatic N) is 3. The lowest BCUT2D eigenvalue weighted by Gasteiger charge is -2.26. The van der Waals surface area contributed by atoms with Gasteiger partial charge in [0.1, 0.15) is 0 Å². The number of aryl methyl sites for hydroxylation is 1. The van der Waals surface area contributed by atoms with Crippen molar-refractivity contribution in [2.75, 3.05) is 4.90 Å². The van der Waals surface area contributed by atoms with Crippen LogP contribution < -0.4 is 4.90 Å². The Balaban J connectivity index is 1.86. The number of hydrogen-bond donors (Lipinski definition) is 1. The second kappa shape index (κ2) is 8.55. The largest absolute Gasteiger partial charge is 0.503 e. The van der Waals surface area contributed by atoms with Gasteiger partial charge in [0.2, 0.25) is 0 Å². The quantitative estimate of drug-likeness (QED) is 0.533. The van der Waals surface area contributed by atoms with Crippen LogP contribution in [0.4, 0.5) is 5.82 Å². The molecule has 32 heavy (non-hydrogen) atoms. The van der Waals surface area contributed by atoms with Crippen molar-refractivity contribution < 1.29 is 14.7 Å². The van der Waals surface area contributed by atoms with Crippen LogP contribution in [0.1, 0.15) is 53.0 Å². The van der Waals surface area contributed by atoms with Gasteiger partial charge in [0.05, 0.1) is 17.3 Å². The fourth-order valence-electron chi connectivity index (χ4n) is 3.76. The predicted molar refractivity (Wildman–Crippen MR) is 123 cm³/mol. The fourth-order valence-corrected chi connectivity index (χ4v) is 3.95. The van der Waals surface area contributed by atoms with Crippen LogP contribution in [0.5, 0.6) is 0 Å². The molecule has 1 aliphatic rings. The summed E-state index contributed by atoms with van der Waals surface area (Å²) in [5.74, 6) is -1.20. The molecule has 6 nitrogen and oxygen atoms in total. The first-order valence-corrected chi connectivity index (χ1v) is 10.6. The molecular formula is C25H22ClN3O3. The van der Waals surface area contributed by atoms with Crippen LogP contribution in [-0.4, -0.2) is 27.0 Å². The fraction of sp³-hybridized carbons (Fsp3) is 0.200. The highest BCUT2D eigenvalue weighted by molar-refractivity contribution is 6.31. The second-order valence-corrected chi connectivity index (χ2v) is 8.47. The molecule has 7 heteroatoms. The van der Waals surface area contributed by atoms with Crippen molar-refractivity contribution in [1.82, 2.24) is 10.2 Å². The first-order chi connectivity index (χ1) is 15.3. The van der Waals surface area contributed by atoms with Gasteiger partial charge in [-0.25, -0.2) is 0 Å². The number of halogens is 1. The van der Waals surface area contributed by atoms with E-state index in [1.165, 1.54) is 11.0 Å². The van der Waals surface area contributed by atoms with E-state index < -0.39 is 23.5 Å². The maximum atomic E-state index is 13.5. The molecule has 2 heterocycles. The lowest BCUT2D eigenvalue weighted by molar-refractivity contribution is -0.117. The van der Waals surface area contributed by atoms with Crippen LogP contribution >= 0.6 is 11.6 Å². The zero-order valence-electron chi connectivity index (χ0n) is 17.9. The van der Waals surface area contributed by atoms with Gasteiger partial charge in [-0.15, -0.1) is 5.10 Å². The topological polar surface area (TPSA) is 83.4 Å². The van der Waals surface area contributed by atoms with E-state index in [9.17, 15) is 14.7 Å². The van der Waals surface area contributed by atoms with Gasteiger partial charge in [0.25, 0.3) is 5.91 Å². The van der Waals surface area contributed by atoms with E-state index in [0.29, 0.717) is 22.2 Å². The first kappa shape index (κ1) is 21.7. The van der Waals surface area contributed by atoms with Crippen molar-refractivity contribution in [1.29, 1.82) is 0 Å². The van der Waals surface area contributed by atoms with Crippen molar-refractivity contribution in [3.63, 3.8) is 0 Å². The maximum absolute atomic E-state index is 13.5. The molecule has 1 aromatic heterocycles. The van der Waals surface area contributed by atoms with Gasteiger partial charge in [-0.05, 0) is 48.2 Å². The Morgan fingerprint density at radius 2 is 1.78 bits per heavy atom. The summed E-state index contributed by atoms with van der Waals surface area (Å²) < 4.78 is 0. The minimum absolute atomic E-state index is 0.0167. The summed E-state index contributed by atoms with van der Waals surface area (Å²) >= 11 is 6.07. The van der Waals surface area contributed by atoms with Crippen LogP contribution in [0.25, 0.3) is 0 Å². The molecule has 0 radical (unpaired) electrons. The normalized spacial score (nSPS) is 16.2. The Morgan fingerprint density at radius 1 is 1.06 bits per heavy atom. The molecule has 2 aromatic carbocycles. The molecule has 1 N–H and O–H groups in total. The van der Waals surface area contributed by atoms with Gasteiger partial charge in [-0.3, -0.25) is 14.5 Å². The van der Waals surface area contributed by atoms with Crippen LogP contribution in [0.2, 0.25) is 5.02 Å². The number of carbonyl (C=O) groups is 2. The third kappa shape index (κ3) is 3.89. The highest BCUT2D eigenvalue weighted by Gasteiger charge is 2.45. The molecule has 0 spiro atoms. The van der Waals surface area contributed by atoms with Crippen molar-refractivity contribution in [2.24, 2.45) is 0 Å². The van der Waals surface area contributed by atoms with E-state index in [2.05, 4.69) is 24.0 Å². The molecule has 0 aliphatic carbocycles. The number of carbonyl (C=O) groups excluding carboxylic acids is 2. The maximum Gasteiger partial charge on any atom is 0.295 e. The van der Waals surface area contributed by atoms with Crippen LogP contribution in [0.15, 0.2) is 72.0 Å². The number of aliphatic hydroxyl groups is 1. The average molecular weight is 448 g/mol. The van der Waals surface area contributed by atoms with E-state index in [1.807, 2.05) is 24.3 Å². The minimum Gasteiger partial charge on any atom is -0.503 e. The summed E-state index contributed by atoms with van der Waals surface area (Å²) in [6, 6.07) is 16.6. The monoisotopic (exact) mass is 447 g/mol. The van der Waals surface area contributed by atoms with Crippen LogP contribution in [-0.2, 0) is 4.79 Å². The highest BCUT2D eigenvalue weighted by Crippen LogP contribution is 2.41. The van der Waals surface area contributed by atoms with E-state index in [1.54, 1.807) is 37.3 Å². The summed E-state index contributed by atoms with van der Waals surface area (Å²) in [4.78, 5) is 27.9. The Bertz CT molecular complexity index is 1220. The molecule has 1 atom stereocenters. The summed E-state index contributed by atoms with van der Waals surface area (Å²) in [6.07, 6.45) is 0. The van der Waals surface area contributed by atoms with Crippen LogP contribution in [0, 0.1) is 6.92 Å². The number of rotatable bonds is 5. The summed E-state index contributed by atoms with van der Waals surface area (Å²) in [6.45, 7) is 5.96. The molecule has 1 unspecified atom stereocenters. The Kier molecular flexibility index (Phi) is 5.80. The predicted octanol–water partition coefficient (Wildman–Crippen LogP) is 5.34. The molecule has 162 valence electrons. The van der Waals surface area contributed by atoms with E-state index in [-0.39, 0.29) is 17.0 Å². The standard InChI is InChI=1S/C25H22ClN3O3/c1-14(2)16-8-10-17(11-9-16)22-21(23(30)18-5-4-6-19(26)13-18)24(31)25(32)29(22)20-12-7-15(3)27-28-20/h4-14,22,31H,1-3H3. The molecule has 1 aliphatic heterocycles. The van der Waals surface area contributed by atoms with E-state index >= 15 is 0 Å². The number of Topliss-reactive ketones (excluding diaryl/α,β-unsaturated/α-hetero) is 1. The van der Waals surface area contributed by atoms with Gasteiger partial charge in [0.15, 0.2) is 17.4 Å². The lowest BCUT2D eigenvalue weighted by Crippen LogP contribution is -2.32. The molecule has 0 fully saturated rings. The third-order valence-electron chi connectivity index (χ3n) is 5.49. The lowest BCUT2D eigenvalue weighted by atomic mass is 9.91. The molecule has 0 saturated heterocycles.